The summed E-state index contributed by atoms with van der Waals surface area (Å²) in [5.74, 6) is -0.811. The van der Waals surface area contributed by atoms with Gasteiger partial charge in [0, 0.05) is 18.3 Å². The highest BCUT2D eigenvalue weighted by Crippen LogP contribution is 2.36. The molecule has 1 aromatic carbocycles. The number of rotatable bonds is 6. The van der Waals surface area contributed by atoms with E-state index in [1.54, 1.807) is 25.4 Å². The molecule has 0 unspecified atom stereocenters. The number of nitrogens with one attached hydrogen (secondary N) is 2. The largest absolute Gasteiger partial charge is 0.480 e. The number of hydrogen-bond acceptors (Lipinski definition) is 9. The molecule has 2 heterocycles. The van der Waals surface area contributed by atoms with Gasteiger partial charge in [0.15, 0.2) is 11.2 Å². The number of aromatic nitrogens is 4. The smallest absolute Gasteiger partial charge is 0.317 e. The number of hydrogen-bond donors (Lipinski definition) is 4. The van der Waals surface area contributed by atoms with Gasteiger partial charge in [-0.3, -0.25) is 19.4 Å². The van der Waals surface area contributed by atoms with Gasteiger partial charge in [0.2, 0.25) is 5.95 Å². The van der Waals surface area contributed by atoms with Crippen LogP contribution in [0.2, 0.25) is 0 Å². The van der Waals surface area contributed by atoms with E-state index in [9.17, 15) is 14.4 Å². The third-order valence-corrected chi connectivity index (χ3v) is 5.93. The van der Waals surface area contributed by atoms with Crippen molar-refractivity contribution in [3.05, 3.63) is 52.1 Å². The van der Waals surface area contributed by atoms with Gasteiger partial charge in [-0.1, -0.05) is 55.4 Å². The van der Waals surface area contributed by atoms with Gasteiger partial charge < -0.3 is 21.1 Å². The van der Waals surface area contributed by atoms with Crippen LogP contribution in [0.5, 0.6) is 0 Å². The van der Waals surface area contributed by atoms with Gasteiger partial charge in [-0.2, -0.15) is 4.98 Å². The lowest BCUT2D eigenvalue weighted by atomic mass is 9.71. The van der Waals surface area contributed by atoms with E-state index in [0.29, 0.717) is 28.6 Å². The van der Waals surface area contributed by atoms with Crippen molar-refractivity contribution in [3.63, 3.8) is 0 Å². The summed E-state index contributed by atoms with van der Waals surface area (Å²) in [5, 5.41) is 10.3. The summed E-state index contributed by atoms with van der Waals surface area (Å²) in [7, 11) is 3.47. The molecule has 0 saturated heterocycles. The van der Waals surface area contributed by atoms with Crippen molar-refractivity contribution < 1.29 is 14.7 Å². The molecule has 11 heteroatoms. The summed E-state index contributed by atoms with van der Waals surface area (Å²) in [5.41, 5.74) is 8.46. The lowest BCUT2D eigenvalue weighted by Gasteiger charge is -2.34. The van der Waals surface area contributed by atoms with Crippen LogP contribution in [0.15, 0.2) is 35.3 Å². The van der Waals surface area contributed by atoms with Crippen LogP contribution in [0.4, 0.5) is 11.6 Å². The highest BCUT2D eigenvalue weighted by molar-refractivity contribution is 5.75. The number of carboxylic acids is 1. The molecule has 0 saturated carbocycles. The standard InChI is InChI=1S/C15H14N6O2.C8H18.C3H7NO2.C2H6/c1-21(11-4-2-9(8-22)3-5-11)7-10-6-17-13-12(18-10)14(23)20-15(16)19-13;1-7(2,3)8(4,5)6;1-4-2-3(5)6;1-2/h2-6,8H,7H2,1H3,(H3,16,17,19,20,23);1-6H3;4H,2H2,1H3,(H,5,6);1-2H3. The van der Waals surface area contributed by atoms with Crippen LogP contribution in [-0.2, 0) is 11.3 Å². The van der Waals surface area contributed by atoms with E-state index in [1.165, 1.54) is 0 Å². The fourth-order valence-electron chi connectivity index (χ4n) is 2.34. The number of likely N-dealkylation sites (N-methyl/N-ethyl adjacent to an activating group) is 1. The number of anilines is 2. The molecule has 3 rings (SSSR count). The number of benzene rings is 1. The molecule has 39 heavy (non-hydrogen) atoms. The normalized spacial score (nSPS) is 10.6. The number of nitrogen functional groups attached to an aromatic ring is 1. The van der Waals surface area contributed by atoms with Gasteiger partial charge in [0.25, 0.3) is 5.56 Å². The molecule has 0 fully saturated rings. The van der Waals surface area contributed by atoms with Crippen LogP contribution in [0.3, 0.4) is 0 Å². The molecule has 11 nitrogen and oxygen atoms in total. The van der Waals surface area contributed by atoms with Crippen molar-refractivity contribution in [1.29, 1.82) is 0 Å². The summed E-state index contributed by atoms with van der Waals surface area (Å²) < 4.78 is 0. The first-order valence-corrected chi connectivity index (χ1v) is 12.7. The van der Waals surface area contributed by atoms with Crippen molar-refractivity contribution in [2.45, 2.75) is 61.9 Å². The second kappa shape index (κ2) is 16.2. The molecule has 0 radical (unpaired) electrons. The minimum absolute atomic E-state index is 0.0111. The lowest BCUT2D eigenvalue weighted by Crippen LogP contribution is -2.25. The first-order chi connectivity index (χ1) is 18.1. The molecule has 0 aliphatic rings. The Morgan fingerprint density at radius 1 is 1.08 bits per heavy atom. The van der Waals surface area contributed by atoms with Crippen LogP contribution in [0.1, 0.15) is 71.4 Å². The number of aldehydes is 1. The highest BCUT2D eigenvalue weighted by atomic mass is 16.4. The van der Waals surface area contributed by atoms with Crippen LogP contribution in [0.25, 0.3) is 11.2 Å². The van der Waals surface area contributed by atoms with Gasteiger partial charge in [-0.05, 0) is 42.1 Å². The van der Waals surface area contributed by atoms with E-state index in [1.807, 2.05) is 37.9 Å². The Bertz CT molecular complexity index is 1220. The zero-order valence-corrected chi connectivity index (χ0v) is 24.9. The SMILES string of the molecule is CC.CC(C)(C)C(C)(C)C.CN(Cc1cnc2nc(N)[nH]c(=O)c2n1)c1ccc(C=O)cc1.CNCC(=O)O. The van der Waals surface area contributed by atoms with Gasteiger partial charge in [0.05, 0.1) is 25.0 Å². The molecular weight excluding hydrogens is 498 g/mol. The molecule has 0 bridgehead atoms. The van der Waals surface area contributed by atoms with Crippen LogP contribution >= 0.6 is 0 Å². The fourth-order valence-corrected chi connectivity index (χ4v) is 2.34. The molecule has 0 aliphatic heterocycles. The Hall–Kier alpha value is -3.86. The number of nitrogens with two attached hydrogens (primary N) is 1. The maximum Gasteiger partial charge on any atom is 0.317 e. The van der Waals surface area contributed by atoms with E-state index in [2.05, 4.69) is 66.8 Å². The average Bonchev–Trinajstić information content (AvgIpc) is 2.85. The second-order valence-corrected chi connectivity index (χ2v) is 10.5. The average molecular weight is 544 g/mol. The van der Waals surface area contributed by atoms with E-state index in [-0.39, 0.29) is 23.7 Å². The molecule has 0 amide bonds. The fraction of sp³-hybridized carbons (Fsp3) is 0.500. The molecule has 0 spiro atoms. The lowest BCUT2D eigenvalue weighted by molar-refractivity contribution is -0.135. The number of carbonyl (C=O) groups excluding carboxylic acids is 1. The van der Waals surface area contributed by atoms with Gasteiger partial charge in [-0.15, -0.1) is 0 Å². The number of carboxylic acid groups (broad SMARTS) is 1. The minimum atomic E-state index is -0.822. The molecular formula is C28H45N7O4. The van der Waals surface area contributed by atoms with Crippen molar-refractivity contribution in [1.82, 2.24) is 25.3 Å². The Labute approximate surface area is 231 Å². The zero-order valence-electron chi connectivity index (χ0n) is 24.9. The Morgan fingerprint density at radius 2 is 1.62 bits per heavy atom. The van der Waals surface area contributed by atoms with E-state index in [0.717, 1.165) is 12.0 Å². The maximum absolute atomic E-state index is 11.9. The summed E-state index contributed by atoms with van der Waals surface area (Å²) in [6.45, 7) is 18.1. The highest BCUT2D eigenvalue weighted by Gasteiger charge is 2.26. The number of nitrogens with zero attached hydrogens (tertiary/aromatic N) is 4. The van der Waals surface area contributed by atoms with Gasteiger partial charge in [-0.25, -0.2) is 9.97 Å². The number of H-pyrrole nitrogens is 1. The van der Waals surface area contributed by atoms with Crippen molar-refractivity contribution in [2.24, 2.45) is 10.8 Å². The predicted octanol–water partition coefficient (Wildman–Crippen LogP) is 4.14. The number of aromatic amines is 1. The van der Waals surface area contributed by atoms with Crippen molar-refractivity contribution >= 4 is 35.1 Å². The Balaban J connectivity index is 0.000000747. The Morgan fingerprint density at radius 3 is 2.03 bits per heavy atom. The zero-order chi connectivity index (χ0) is 30.4. The summed E-state index contributed by atoms with van der Waals surface area (Å²) in [6, 6.07) is 7.16. The maximum atomic E-state index is 11.9. The van der Waals surface area contributed by atoms with Crippen LogP contribution in [-0.4, -0.2) is 57.9 Å². The number of aliphatic carboxylic acids is 1. The summed E-state index contributed by atoms with van der Waals surface area (Å²) >= 11 is 0. The molecule has 216 valence electrons. The first-order valence-electron chi connectivity index (χ1n) is 12.7. The monoisotopic (exact) mass is 543 g/mol. The molecule has 0 aliphatic carbocycles. The molecule has 5 N–H and O–H groups in total. The van der Waals surface area contributed by atoms with E-state index in [4.69, 9.17) is 10.8 Å². The molecule has 0 atom stereocenters. The van der Waals surface area contributed by atoms with E-state index >= 15 is 0 Å². The van der Waals surface area contributed by atoms with Crippen molar-refractivity contribution in [3.8, 4) is 0 Å². The minimum Gasteiger partial charge on any atom is -0.480 e. The summed E-state index contributed by atoms with van der Waals surface area (Å²) in [6.07, 6.45) is 2.36. The third kappa shape index (κ3) is 12.5. The number of carbonyl (C=O) groups is 2. The van der Waals surface area contributed by atoms with E-state index < -0.39 is 11.5 Å². The third-order valence-electron chi connectivity index (χ3n) is 5.93. The first kappa shape index (κ1) is 35.1. The van der Waals surface area contributed by atoms with Gasteiger partial charge in [0.1, 0.15) is 6.29 Å². The Kier molecular flexibility index (Phi) is 14.6. The topological polar surface area (TPSA) is 167 Å². The van der Waals surface area contributed by atoms with Crippen molar-refractivity contribution in [2.75, 3.05) is 31.3 Å². The second-order valence-electron chi connectivity index (χ2n) is 10.5. The summed E-state index contributed by atoms with van der Waals surface area (Å²) in [4.78, 5) is 48.8. The molecule has 2 aromatic heterocycles. The predicted molar refractivity (Wildman–Crippen MR) is 158 cm³/mol. The number of fused-ring (bicyclic) bond motifs is 1. The van der Waals surface area contributed by atoms with Gasteiger partial charge >= 0.3 is 5.97 Å². The van der Waals surface area contributed by atoms with Crippen LogP contribution < -0.4 is 21.5 Å². The van der Waals surface area contributed by atoms with Crippen LogP contribution in [0, 0.1) is 10.8 Å². The molecule has 3 aromatic rings. The quantitative estimate of drug-likeness (QED) is 0.332.